The first-order chi connectivity index (χ1) is 5.88. The van der Waals surface area contributed by atoms with Gasteiger partial charge in [0.2, 0.25) is 0 Å². The van der Waals surface area contributed by atoms with Gasteiger partial charge >= 0.3 is 0 Å². The second kappa shape index (κ2) is 5.13. The summed E-state index contributed by atoms with van der Waals surface area (Å²) in [6.45, 7) is 6.68. The molecule has 0 N–H and O–H groups in total. The van der Waals surface area contributed by atoms with E-state index in [0.717, 1.165) is 0 Å². The largest absolute Gasteiger partial charge is 0.305 e. The molecular formula is C9H9NS2. The Labute approximate surface area is 81.4 Å². The number of hydrogen-bond acceptors (Lipinski definition) is 2. The lowest BCUT2D eigenvalue weighted by Crippen LogP contribution is -1.76. The van der Waals surface area contributed by atoms with E-state index in [1.807, 2.05) is 12.1 Å². The van der Waals surface area contributed by atoms with Gasteiger partial charge in [-0.05, 0) is 30.2 Å². The van der Waals surface area contributed by atoms with Crippen LogP contribution in [-0.2, 0) is 0 Å². The Bertz CT molecular complexity index is 291. The number of thioether (sulfide) groups is 2. The zero-order valence-electron chi connectivity index (χ0n) is 6.78. The average Bonchev–Trinajstić information content (AvgIpc) is 2.15. The summed E-state index contributed by atoms with van der Waals surface area (Å²) in [7, 11) is 0. The molecule has 0 fully saturated rings. The van der Waals surface area contributed by atoms with Crippen LogP contribution in [0.1, 0.15) is 0 Å². The topological polar surface area (TPSA) is 4.36 Å². The molecule has 1 rings (SSSR count). The maximum Gasteiger partial charge on any atom is 0.264 e. The Morgan fingerprint density at radius 3 is 2.58 bits per heavy atom. The highest BCUT2D eigenvalue weighted by Gasteiger charge is 2.00. The third-order valence-corrected chi connectivity index (χ3v) is 3.20. The van der Waals surface area contributed by atoms with Crippen molar-refractivity contribution in [3.63, 3.8) is 0 Å². The first kappa shape index (κ1) is 9.50. The average molecular weight is 195 g/mol. The maximum atomic E-state index is 6.68. The summed E-state index contributed by atoms with van der Waals surface area (Å²) < 4.78 is 0. The van der Waals surface area contributed by atoms with Crippen LogP contribution in [0.25, 0.3) is 4.85 Å². The van der Waals surface area contributed by atoms with Crippen LogP contribution < -0.4 is 0 Å². The molecule has 0 amide bonds. The van der Waals surface area contributed by atoms with Crippen LogP contribution in [0.2, 0.25) is 0 Å². The highest BCUT2D eigenvalue weighted by atomic mass is 32.2. The van der Waals surface area contributed by atoms with Gasteiger partial charge in [-0.25, -0.2) is 6.57 Å². The summed E-state index contributed by atoms with van der Waals surface area (Å²) in [5.41, 5.74) is 0. The summed E-state index contributed by atoms with van der Waals surface area (Å²) in [4.78, 5) is 5.78. The fraction of sp³-hybridized carbons (Fsp3) is 0.222. The van der Waals surface area contributed by atoms with Crippen molar-refractivity contribution >= 4 is 23.5 Å². The molecule has 0 unspecified atom stereocenters. The van der Waals surface area contributed by atoms with Crippen molar-refractivity contribution < 1.29 is 0 Å². The Morgan fingerprint density at radius 2 is 2.00 bits per heavy atom. The standard InChI is InChI=1S/C9H9NS2/c1-10-7-12-9-6-4-3-5-8(9)11-2/h3-6H,7H2,2H3. The van der Waals surface area contributed by atoms with E-state index in [2.05, 4.69) is 23.2 Å². The van der Waals surface area contributed by atoms with Crippen LogP contribution in [0.5, 0.6) is 0 Å². The van der Waals surface area contributed by atoms with E-state index in [0.29, 0.717) is 5.88 Å². The van der Waals surface area contributed by atoms with Gasteiger partial charge in [0.05, 0.1) is 0 Å². The van der Waals surface area contributed by atoms with Gasteiger partial charge < -0.3 is 4.85 Å². The summed E-state index contributed by atoms with van der Waals surface area (Å²) in [5.74, 6) is 0.511. The molecule has 62 valence electrons. The Balaban J connectivity index is 2.76. The van der Waals surface area contributed by atoms with Gasteiger partial charge in [0.1, 0.15) is 0 Å². The van der Waals surface area contributed by atoms with E-state index in [1.165, 1.54) is 9.79 Å². The van der Waals surface area contributed by atoms with Gasteiger partial charge in [0.25, 0.3) is 5.88 Å². The van der Waals surface area contributed by atoms with Crippen molar-refractivity contribution in [2.75, 3.05) is 12.1 Å². The van der Waals surface area contributed by atoms with Crippen LogP contribution in [0, 0.1) is 6.57 Å². The second-order valence-corrected chi connectivity index (χ2v) is 3.92. The fourth-order valence-corrected chi connectivity index (χ4v) is 2.34. The van der Waals surface area contributed by atoms with Crippen LogP contribution in [0.3, 0.4) is 0 Å². The number of benzene rings is 1. The Morgan fingerprint density at radius 1 is 1.33 bits per heavy atom. The van der Waals surface area contributed by atoms with Crippen molar-refractivity contribution in [1.82, 2.24) is 0 Å². The summed E-state index contributed by atoms with van der Waals surface area (Å²) in [5, 5.41) is 0. The van der Waals surface area contributed by atoms with E-state index in [-0.39, 0.29) is 0 Å². The van der Waals surface area contributed by atoms with E-state index in [9.17, 15) is 0 Å². The molecule has 0 radical (unpaired) electrons. The van der Waals surface area contributed by atoms with E-state index < -0.39 is 0 Å². The molecule has 0 aliphatic heterocycles. The molecule has 0 aliphatic carbocycles. The zero-order valence-corrected chi connectivity index (χ0v) is 8.41. The predicted molar refractivity (Wildman–Crippen MR) is 55.5 cm³/mol. The molecule has 0 saturated heterocycles. The first-order valence-electron chi connectivity index (χ1n) is 3.47. The zero-order chi connectivity index (χ0) is 8.81. The third-order valence-electron chi connectivity index (χ3n) is 1.35. The summed E-state index contributed by atoms with van der Waals surface area (Å²) in [6.07, 6.45) is 2.05. The maximum absolute atomic E-state index is 6.68. The molecule has 3 heteroatoms. The number of rotatable bonds is 3. The molecule has 0 aromatic heterocycles. The normalized spacial score (nSPS) is 9.33. The minimum absolute atomic E-state index is 0.511. The molecule has 1 nitrogen and oxygen atoms in total. The van der Waals surface area contributed by atoms with Crippen molar-refractivity contribution in [2.45, 2.75) is 9.79 Å². The molecule has 1 aromatic rings. The highest BCUT2D eigenvalue weighted by molar-refractivity contribution is 8.02. The SMILES string of the molecule is [C-]#[N+]CSc1ccccc1SC. The third kappa shape index (κ3) is 2.47. The van der Waals surface area contributed by atoms with E-state index in [4.69, 9.17) is 6.57 Å². The predicted octanol–water partition coefficient (Wildman–Crippen LogP) is 3.38. The lowest BCUT2D eigenvalue weighted by molar-refractivity contribution is 1.25. The highest BCUT2D eigenvalue weighted by Crippen LogP contribution is 2.28. The van der Waals surface area contributed by atoms with Crippen molar-refractivity contribution in [1.29, 1.82) is 0 Å². The molecule has 0 heterocycles. The van der Waals surface area contributed by atoms with Gasteiger partial charge in [-0.2, -0.15) is 0 Å². The molecule has 0 bridgehead atoms. The molecule has 0 spiro atoms. The van der Waals surface area contributed by atoms with Gasteiger partial charge in [0.15, 0.2) is 0 Å². The van der Waals surface area contributed by atoms with Crippen LogP contribution in [0.15, 0.2) is 34.1 Å². The van der Waals surface area contributed by atoms with Gasteiger partial charge in [-0.3, -0.25) is 0 Å². The van der Waals surface area contributed by atoms with Gasteiger partial charge in [0, 0.05) is 9.79 Å². The monoisotopic (exact) mass is 195 g/mol. The van der Waals surface area contributed by atoms with Crippen molar-refractivity contribution in [3.8, 4) is 0 Å². The van der Waals surface area contributed by atoms with Crippen LogP contribution in [-0.4, -0.2) is 12.1 Å². The quantitative estimate of drug-likeness (QED) is 0.538. The smallest absolute Gasteiger partial charge is 0.264 e. The van der Waals surface area contributed by atoms with Gasteiger partial charge in [-0.15, -0.1) is 11.8 Å². The number of nitrogens with zero attached hydrogens (tertiary/aromatic N) is 1. The molecule has 1 aromatic carbocycles. The first-order valence-corrected chi connectivity index (χ1v) is 5.68. The molecule has 12 heavy (non-hydrogen) atoms. The van der Waals surface area contributed by atoms with Crippen molar-refractivity contribution in [3.05, 3.63) is 35.7 Å². The van der Waals surface area contributed by atoms with Crippen LogP contribution >= 0.6 is 23.5 Å². The second-order valence-electron chi connectivity index (χ2n) is 2.08. The van der Waals surface area contributed by atoms with Gasteiger partial charge in [-0.1, -0.05) is 12.1 Å². The minimum Gasteiger partial charge on any atom is -0.305 e. The Kier molecular flexibility index (Phi) is 4.06. The molecule has 0 atom stereocenters. The lowest BCUT2D eigenvalue weighted by Gasteiger charge is -2.01. The fourth-order valence-electron chi connectivity index (χ4n) is 0.840. The summed E-state index contributed by atoms with van der Waals surface area (Å²) in [6, 6.07) is 8.17. The lowest BCUT2D eigenvalue weighted by atomic mass is 10.4. The van der Waals surface area contributed by atoms with E-state index in [1.54, 1.807) is 23.5 Å². The Hall–Kier alpha value is -0.590. The number of hydrogen-bond donors (Lipinski definition) is 0. The van der Waals surface area contributed by atoms with Crippen molar-refractivity contribution in [2.24, 2.45) is 0 Å². The summed E-state index contributed by atoms with van der Waals surface area (Å²) >= 11 is 3.32. The van der Waals surface area contributed by atoms with Crippen LogP contribution in [0.4, 0.5) is 0 Å². The minimum atomic E-state index is 0.511. The molecule has 0 saturated carbocycles. The molecular weight excluding hydrogens is 186 g/mol. The molecule has 0 aliphatic rings. The van der Waals surface area contributed by atoms with E-state index >= 15 is 0 Å².